The highest BCUT2D eigenvalue weighted by Gasteiger charge is 2.30. The fourth-order valence-corrected chi connectivity index (χ4v) is 3.02. The van der Waals surface area contributed by atoms with E-state index in [0.29, 0.717) is 11.8 Å². The highest BCUT2D eigenvalue weighted by atomic mass is 32.2. The van der Waals surface area contributed by atoms with E-state index in [1.54, 1.807) is 6.07 Å². The molecule has 2 aromatic rings. The summed E-state index contributed by atoms with van der Waals surface area (Å²) < 4.78 is 31.4. The van der Waals surface area contributed by atoms with Crippen molar-refractivity contribution in [1.29, 1.82) is 0 Å². The molecule has 1 fully saturated rings. The van der Waals surface area contributed by atoms with Crippen molar-refractivity contribution in [2.24, 2.45) is 0 Å². The van der Waals surface area contributed by atoms with E-state index in [1.807, 2.05) is 25.1 Å². The number of aryl methyl sites for hydroxylation is 1. The van der Waals surface area contributed by atoms with Crippen molar-refractivity contribution in [3.63, 3.8) is 0 Å². The summed E-state index contributed by atoms with van der Waals surface area (Å²) in [4.78, 5) is 4.05. The second-order valence-electron chi connectivity index (χ2n) is 5.08. The van der Waals surface area contributed by atoms with Crippen LogP contribution in [0, 0.1) is 6.92 Å². The minimum atomic E-state index is -3.53. The molecule has 0 spiro atoms. The molecule has 0 radical (unpaired) electrons. The Bertz CT molecular complexity index is 720. The maximum absolute atomic E-state index is 12.0. The molecule has 6 nitrogen and oxygen atoms in total. The number of nitrogens with zero attached hydrogens (tertiary/aromatic N) is 2. The molecular weight excluding hydrogens is 278 g/mol. The lowest BCUT2D eigenvalue weighted by Crippen LogP contribution is -2.16. The standard InChI is InChI=1S/C13H15N3O3S/c1-9-3-2-4-10(7-9)8-20(17,18)16-13-14-12(19-15-13)11-5-6-11/h2-4,7,11H,5-6,8H2,1H3,(H,15,16). The van der Waals surface area contributed by atoms with Gasteiger partial charge in [0.1, 0.15) is 0 Å². The molecule has 1 saturated carbocycles. The van der Waals surface area contributed by atoms with Crippen molar-refractivity contribution < 1.29 is 12.9 Å². The van der Waals surface area contributed by atoms with E-state index < -0.39 is 10.0 Å². The van der Waals surface area contributed by atoms with Crippen molar-refractivity contribution in [2.75, 3.05) is 4.72 Å². The molecular formula is C13H15N3O3S. The first-order chi connectivity index (χ1) is 9.52. The van der Waals surface area contributed by atoms with Gasteiger partial charge in [-0.3, -0.25) is 0 Å². The molecule has 0 atom stereocenters. The Balaban J connectivity index is 1.71. The maximum atomic E-state index is 12.0. The number of sulfonamides is 1. The fourth-order valence-electron chi connectivity index (χ4n) is 1.97. The minimum absolute atomic E-state index is 0.0135. The van der Waals surface area contributed by atoms with Crippen LogP contribution < -0.4 is 4.72 Å². The van der Waals surface area contributed by atoms with Crippen LogP contribution >= 0.6 is 0 Å². The van der Waals surface area contributed by atoms with Gasteiger partial charge in [-0.2, -0.15) is 4.98 Å². The third-order valence-corrected chi connectivity index (χ3v) is 4.26. The van der Waals surface area contributed by atoms with Gasteiger partial charge in [0, 0.05) is 5.92 Å². The van der Waals surface area contributed by atoms with E-state index >= 15 is 0 Å². The van der Waals surface area contributed by atoms with Crippen molar-refractivity contribution in [3.05, 3.63) is 41.3 Å². The van der Waals surface area contributed by atoms with Crippen LogP contribution in [0.3, 0.4) is 0 Å². The number of hydrogen-bond acceptors (Lipinski definition) is 5. The summed E-state index contributed by atoms with van der Waals surface area (Å²) in [5.41, 5.74) is 1.75. The molecule has 7 heteroatoms. The normalized spacial score (nSPS) is 15.2. The summed E-state index contributed by atoms with van der Waals surface area (Å²) in [5, 5.41) is 3.65. The Morgan fingerprint density at radius 3 is 2.90 bits per heavy atom. The summed E-state index contributed by atoms with van der Waals surface area (Å²) in [6.07, 6.45) is 2.05. The zero-order valence-corrected chi connectivity index (χ0v) is 11.9. The molecule has 1 aliphatic carbocycles. The maximum Gasteiger partial charge on any atom is 0.277 e. The van der Waals surface area contributed by atoms with Crippen molar-refractivity contribution in [2.45, 2.75) is 31.4 Å². The third-order valence-electron chi connectivity index (χ3n) is 3.05. The predicted molar refractivity (Wildman–Crippen MR) is 73.7 cm³/mol. The summed E-state index contributed by atoms with van der Waals surface area (Å²) >= 11 is 0. The Labute approximate surface area is 117 Å². The van der Waals surface area contributed by atoms with Crippen LogP contribution in [0.15, 0.2) is 28.8 Å². The molecule has 106 valence electrons. The molecule has 0 bridgehead atoms. The van der Waals surface area contributed by atoms with Crippen LogP contribution in [0.2, 0.25) is 0 Å². The lowest BCUT2D eigenvalue weighted by molar-refractivity contribution is 0.380. The average molecular weight is 293 g/mol. The quantitative estimate of drug-likeness (QED) is 0.913. The van der Waals surface area contributed by atoms with Gasteiger partial charge in [-0.15, -0.1) is 0 Å². The molecule has 0 saturated heterocycles. The molecule has 1 aromatic carbocycles. The molecule has 1 aromatic heterocycles. The topological polar surface area (TPSA) is 85.1 Å². The van der Waals surface area contributed by atoms with Gasteiger partial charge in [-0.25, -0.2) is 13.1 Å². The summed E-state index contributed by atoms with van der Waals surface area (Å²) in [6.45, 7) is 1.92. The van der Waals surface area contributed by atoms with Gasteiger partial charge in [0.25, 0.3) is 5.95 Å². The molecule has 20 heavy (non-hydrogen) atoms. The van der Waals surface area contributed by atoms with Gasteiger partial charge >= 0.3 is 0 Å². The van der Waals surface area contributed by atoms with Gasteiger partial charge in [0.2, 0.25) is 15.9 Å². The number of aromatic nitrogens is 2. The molecule has 1 aliphatic rings. The van der Waals surface area contributed by atoms with Crippen LogP contribution in [0.4, 0.5) is 5.95 Å². The largest absolute Gasteiger partial charge is 0.337 e. The number of benzene rings is 1. The first kappa shape index (κ1) is 13.1. The zero-order chi connectivity index (χ0) is 14.2. The SMILES string of the molecule is Cc1cccc(CS(=O)(=O)Nc2noc(C3CC3)n2)c1. The fraction of sp³-hybridized carbons (Fsp3) is 0.385. The Morgan fingerprint density at radius 1 is 1.40 bits per heavy atom. The third kappa shape index (κ3) is 3.16. The molecule has 0 amide bonds. The predicted octanol–water partition coefficient (Wildman–Crippen LogP) is 2.20. The smallest absolute Gasteiger partial charge is 0.277 e. The van der Waals surface area contributed by atoms with E-state index in [0.717, 1.165) is 24.0 Å². The van der Waals surface area contributed by atoms with E-state index in [-0.39, 0.29) is 11.7 Å². The first-order valence-corrected chi connectivity index (χ1v) is 8.07. The summed E-state index contributed by atoms with van der Waals surface area (Å²) in [6, 6.07) is 7.37. The van der Waals surface area contributed by atoms with Crippen LogP contribution in [0.1, 0.15) is 35.8 Å². The summed E-state index contributed by atoms with van der Waals surface area (Å²) in [5.74, 6) is 0.720. The second kappa shape index (κ2) is 4.90. The van der Waals surface area contributed by atoms with Crippen molar-refractivity contribution in [1.82, 2.24) is 10.1 Å². The van der Waals surface area contributed by atoms with Crippen LogP contribution in [0.25, 0.3) is 0 Å². The lowest BCUT2D eigenvalue weighted by Gasteiger charge is -2.04. The number of hydrogen-bond donors (Lipinski definition) is 1. The van der Waals surface area contributed by atoms with Gasteiger partial charge in [0.15, 0.2) is 0 Å². The molecule has 1 N–H and O–H groups in total. The van der Waals surface area contributed by atoms with Gasteiger partial charge in [0.05, 0.1) is 5.75 Å². The van der Waals surface area contributed by atoms with E-state index in [4.69, 9.17) is 4.52 Å². The molecule has 0 aliphatic heterocycles. The Hall–Kier alpha value is -1.89. The minimum Gasteiger partial charge on any atom is -0.337 e. The summed E-state index contributed by atoms with van der Waals surface area (Å²) in [7, 11) is -3.53. The van der Waals surface area contributed by atoms with Gasteiger partial charge in [-0.1, -0.05) is 29.8 Å². The number of anilines is 1. The number of nitrogens with one attached hydrogen (secondary N) is 1. The highest BCUT2D eigenvalue weighted by molar-refractivity contribution is 7.91. The van der Waals surface area contributed by atoms with Crippen LogP contribution in [-0.2, 0) is 15.8 Å². The van der Waals surface area contributed by atoms with Crippen molar-refractivity contribution in [3.8, 4) is 0 Å². The average Bonchev–Trinajstić information content (AvgIpc) is 3.10. The lowest BCUT2D eigenvalue weighted by atomic mass is 10.2. The first-order valence-electron chi connectivity index (χ1n) is 6.41. The number of rotatable bonds is 5. The van der Waals surface area contributed by atoms with Crippen LogP contribution in [0.5, 0.6) is 0 Å². The Kier molecular flexibility index (Phi) is 3.21. The monoisotopic (exact) mass is 293 g/mol. The second-order valence-corrected chi connectivity index (χ2v) is 6.80. The Morgan fingerprint density at radius 2 is 2.20 bits per heavy atom. The molecule has 0 unspecified atom stereocenters. The molecule has 1 heterocycles. The van der Waals surface area contributed by atoms with Gasteiger partial charge < -0.3 is 4.52 Å². The van der Waals surface area contributed by atoms with Gasteiger partial charge in [-0.05, 0) is 30.5 Å². The van der Waals surface area contributed by atoms with Crippen molar-refractivity contribution >= 4 is 16.0 Å². The van der Waals surface area contributed by atoms with E-state index in [9.17, 15) is 8.42 Å². The zero-order valence-electron chi connectivity index (χ0n) is 11.0. The van der Waals surface area contributed by atoms with Crippen LogP contribution in [-0.4, -0.2) is 18.6 Å². The molecule has 3 rings (SSSR count). The van der Waals surface area contributed by atoms with E-state index in [1.165, 1.54) is 0 Å². The van der Waals surface area contributed by atoms with E-state index in [2.05, 4.69) is 14.9 Å². The highest BCUT2D eigenvalue weighted by Crippen LogP contribution is 2.39.